The molecule has 96 valence electrons. The van der Waals surface area contributed by atoms with E-state index in [1.807, 2.05) is 0 Å². The molecule has 1 heterocycles. The van der Waals surface area contributed by atoms with Crippen molar-refractivity contribution < 1.29 is 9.72 Å². The molecule has 1 aromatic rings. The Morgan fingerprint density at radius 1 is 1.56 bits per heavy atom. The number of nitrogens with one attached hydrogen (secondary N) is 2. The summed E-state index contributed by atoms with van der Waals surface area (Å²) in [5.41, 5.74) is 0.997. The van der Waals surface area contributed by atoms with Crippen molar-refractivity contribution in [3.05, 3.63) is 39.4 Å². The third-order valence-electron chi connectivity index (χ3n) is 3.05. The van der Waals surface area contributed by atoms with Gasteiger partial charge in [-0.05, 0) is 32.0 Å². The van der Waals surface area contributed by atoms with Gasteiger partial charge in [-0.1, -0.05) is 0 Å². The van der Waals surface area contributed by atoms with Crippen molar-refractivity contribution in [1.82, 2.24) is 10.6 Å². The molecule has 1 amide bonds. The van der Waals surface area contributed by atoms with Gasteiger partial charge in [0.05, 0.1) is 4.92 Å². The zero-order chi connectivity index (χ0) is 13.1. The molecule has 2 N–H and O–H groups in total. The summed E-state index contributed by atoms with van der Waals surface area (Å²) in [6, 6.07) is 4.56. The van der Waals surface area contributed by atoms with E-state index in [9.17, 15) is 14.9 Å². The average Bonchev–Trinajstić information content (AvgIpc) is 2.81. The number of benzene rings is 1. The van der Waals surface area contributed by atoms with Crippen LogP contribution in [0.25, 0.3) is 0 Å². The molecule has 1 aromatic carbocycles. The van der Waals surface area contributed by atoms with E-state index in [2.05, 4.69) is 10.6 Å². The summed E-state index contributed by atoms with van der Waals surface area (Å²) in [7, 11) is 0. The lowest BCUT2D eigenvalue weighted by atomic mass is 10.1. The molecule has 1 aliphatic heterocycles. The fourth-order valence-corrected chi connectivity index (χ4v) is 2.05. The van der Waals surface area contributed by atoms with Gasteiger partial charge >= 0.3 is 0 Å². The fourth-order valence-electron chi connectivity index (χ4n) is 2.05. The van der Waals surface area contributed by atoms with Crippen LogP contribution in [0.5, 0.6) is 0 Å². The van der Waals surface area contributed by atoms with Crippen LogP contribution in [0.15, 0.2) is 18.2 Å². The summed E-state index contributed by atoms with van der Waals surface area (Å²) in [6.45, 7) is 3.31. The molecule has 0 aliphatic carbocycles. The lowest BCUT2D eigenvalue weighted by Gasteiger charge is -2.11. The van der Waals surface area contributed by atoms with Crippen LogP contribution in [0.1, 0.15) is 22.3 Å². The highest BCUT2D eigenvalue weighted by Crippen LogP contribution is 2.18. The fraction of sp³-hybridized carbons (Fsp3) is 0.417. The van der Waals surface area contributed by atoms with E-state index in [0.717, 1.165) is 19.5 Å². The van der Waals surface area contributed by atoms with Crippen molar-refractivity contribution in [2.75, 3.05) is 13.1 Å². The van der Waals surface area contributed by atoms with Gasteiger partial charge < -0.3 is 10.6 Å². The Hall–Kier alpha value is -1.95. The molecule has 0 radical (unpaired) electrons. The van der Waals surface area contributed by atoms with Crippen LogP contribution in [0.2, 0.25) is 0 Å². The van der Waals surface area contributed by atoms with E-state index in [4.69, 9.17) is 0 Å². The standard InChI is InChI=1S/C12H15N3O3/c1-8-6-9(2-3-11(8)15(17)18)12(16)14-10-4-5-13-7-10/h2-3,6,10,13H,4-5,7H2,1H3,(H,14,16). The van der Waals surface area contributed by atoms with Gasteiger partial charge in [-0.3, -0.25) is 14.9 Å². The first-order valence-electron chi connectivity index (χ1n) is 5.84. The third kappa shape index (κ3) is 2.65. The summed E-state index contributed by atoms with van der Waals surface area (Å²) in [6.07, 6.45) is 0.914. The number of nitro groups is 1. The molecule has 1 unspecified atom stereocenters. The molecule has 1 aliphatic rings. The zero-order valence-electron chi connectivity index (χ0n) is 10.1. The zero-order valence-corrected chi connectivity index (χ0v) is 10.1. The first-order valence-corrected chi connectivity index (χ1v) is 5.84. The minimum atomic E-state index is -0.447. The minimum Gasteiger partial charge on any atom is -0.348 e. The molecule has 0 saturated carbocycles. The molecular formula is C12H15N3O3. The Balaban J connectivity index is 2.10. The monoisotopic (exact) mass is 249 g/mol. The van der Waals surface area contributed by atoms with E-state index < -0.39 is 4.92 Å². The number of carbonyl (C=O) groups excluding carboxylic acids is 1. The Labute approximate surface area is 105 Å². The van der Waals surface area contributed by atoms with Crippen LogP contribution >= 0.6 is 0 Å². The Morgan fingerprint density at radius 2 is 2.33 bits per heavy atom. The minimum absolute atomic E-state index is 0.0362. The maximum absolute atomic E-state index is 11.9. The number of carbonyl (C=O) groups is 1. The number of hydrogen-bond acceptors (Lipinski definition) is 4. The van der Waals surface area contributed by atoms with Crippen molar-refractivity contribution in [2.24, 2.45) is 0 Å². The van der Waals surface area contributed by atoms with Crippen LogP contribution in [0.3, 0.4) is 0 Å². The van der Waals surface area contributed by atoms with Crippen LogP contribution in [0.4, 0.5) is 5.69 Å². The lowest BCUT2D eigenvalue weighted by Crippen LogP contribution is -2.36. The topological polar surface area (TPSA) is 84.3 Å². The maximum Gasteiger partial charge on any atom is 0.272 e. The van der Waals surface area contributed by atoms with Crippen molar-refractivity contribution in [1.29, 1.82) is 0 Å². The number of nitro benzene ring substituents is 1. The van der Waals surface area contributed by atoms with E-state index in [0.29, 0.717) is 11.1 Å². The SMILES string of the molecule is Cc1cc(C(=O)NC2CCNC2)ccc1[N+](=O)[O-]. The van der Waals surface area contributed by atoms with Gasteiger partial charge in [0, 0.05) is 29.8 Å². The molecule has 0 aromatic heterocycles. The number of rotatable bonds is 3. The Morgan fingerprint density at radius 3 is 2.89 bits per heavy atom. The molecule has 1 saturated heterocycles. The van der Waals surface area contributed by atoms with E-state index in [-0.39, 0.29) is 17.6 Å². The Bertz CT molecular complexity index is 481. The number of nitrogens with zero attached hydrogens (tertiary/aromatic N) is 1. The van der Waals surface area contributed by atoms with Gasteiger partial charge in [-0.2, -0.15) is 0 Å². The van der Waals surface area contributed by atoms with Gasteiger partial charge in [-0.25, -0.2) is 0 Å². The average molecular weight is 249 g/mol. The highest BCUT2D eigenvalue weighted by atomic mass is 16.6. The summed E-state index contributed by atoms with van der Waals surface area (Å²) < 4.78 is 0. The quantitative estimate of drug-likeness (QED) is 0.618. The van der Waals surface area contributed by atoms with Gasteiger partial charge in [0.1, 0.15) is 0 Å². The van der Waals surface area contributed by atoms with Crippen molar-refractivity contribution in [2.45, 2.75) is 19.4 Å². The molecule has 6 heteroatoms. The van der Waals surface area contributed by atoms with Crippen molar-refractivity contribution in [3.8, 4) is 0 Å². The predicted molar refractivity (Wildman–Crippen MR) is 66.6 cm³/mol. The van der Waals surface area contributed by atoms with Gasteiger partial charge in [0.25, 0.3) is 11.6 Å². The second-order valence-corrected chi connectivity index (χ2v) is 4.42. The van der Waals surface area contributed by atoms with Crippen LogP contribution < -0.4 is 10.6 Å². The first-order chi connectivity index (χ1) is 8.58. The number of aryl methyl sites for hydroxylation is 1. The smallest absolute Gasteiger partial charge is 0.272 e. The highest BCUT2D eigenvalue weighted by molar-refractivity contribution is 5.94. The van der Waals surface area contributed by atoms with Gasteiger partial charge in [0.2, 0.25) is 0 Å². The predicted octanol–water partition coefficient (Wildman–Crippen LogP) is 0.995. The third-order valence-corrected chi connectivity index (χ3v) is 3.05. The van der Waals surface area contributed by atoms with E-state index >= 15 is 0 Å². The van der Waals surface area contributed by atoms with E-state index in [1.165, 1.54) is 12.1 Å². The molecule has 0 spiro atoms. The molecule has 2 rings (SSSR count). The maximum atomic E-state index is 11.9. The van der Waals surface area contributed by atoms with Crippen LogP contribution in [0, 0.1) is 17.0 Å². The van der Waals surface area contributed by atoms with Crippen LogP contribution in [-0.4, -0.2) is 30.0 Å². The summed E-state index contributed by atoms with van der Waals surface area (Å²) in [5.74, 6) is -0.179. The molecule has 18 heavy (non-hydrogen) atoms. The van der Waals surface area contributed by atoms with Crippen molar-refractivity contribution in [3.63, 3.8) is 0 Å². The normalized spacial score (nSPS) is 18.6. The largest absolute Gasteiger partial charge is 0.348 e. The van der Waals surface area contributed by atoms with Gasteiger partial charge in [-0.15, -0.1) is 0 Å². The second kappa shape index (κ2) is 5.14. The first kappa shape index (κ1) is 12.5. The summed E-state index contributed by atoms with van der Waals surface area (Å²) >= 11 is 0. The number of hydrogen-bond donors (Lipinski definition) is 2. The van der Waals surface area contributed by atoms with E-state index in [1.54, 1.807) is 13.0 Å². The molecule has 0 bridgehead atoms. The lowest BCUT2D eigenvalue weighted by molar-refractivity contribution is -0.385. The van der Waals surface area contributed by atoms with Gasteiger partial charge in [0.15, 0.2) is 0 Å². The van der Waals surface area contributed by atoms with Crippen molar-refractivity contribution >= 4 is 11.6 Å². The molecular weight excluding hydrogens is 234 g/mol. The summed E-state index contributed by atoms with van der Waals surface area (Å²) in [4.78, 5) is 22.2. The second-order valence-electron chi connectivity index (χ2n) is 4.42. The molecule has 1 fully saturated rings. The molecule has 6 nitrogen and oxygen atoms in total. The highest BCUT2D eigenvalue weighted by Gasteiger charge is 2.19. The summed E-state index contributed by atoms with van der Waals surface area (Å²) in [5, 5.41) is 16.7. The van der Waals surface area contributed by atoms with Crippen LogP contribution in [-0.2, 0) is 0 Å². The number of amides is 1. The molecule has 1 atom stereocenters. The Kier molecular flexibility index (Phi) is 3.57.